The van der Waals surface area contributed by atoms with Crippen LogP contribution in [0.2, 0.25) is 0 Å². The molecular weight excluding hydrogens is 380 g/mol. The van der Waals surface area contributed by atoms with Gasteiger partial charge >= 0.3 is 5.97 Å². The van der Waals surface area contributed by atoms with E-state index in [1.165, 1.54) is 20.3 Å². The largest absolute Gasteiger partial charge is 0.493 e. The maximum absolute atomic E-state index is 12.7. The van der Waals surface area contributed by atoms with E-state index in [0.29, 0.717) is 17.1 Å². The highest BCUT2D eigenvalue weighted by Crippen LogP contribution is 2.38. The number of rotatable bonds is 7. The molecule has 2 amide bonds. The van der Waals surface area contributed by atoms with E-state index in [4.69, 9.17) is 27.4 Å². The van der Waals surface area contributed by atoms with Gasteiger partial charge in [-0.05, 0) is 12.1 Å². The quantitative estimate of drug-likeness (QED) is 0.522. The Hall–Kier alpha value is -2.59. The molecule has 26 heavy (non-hydrogen) atoms. The summed E-state index contributed by atoms with van der Waals surface area (Å²) in [6, 6.07) is 3.69. The van der Waals surface area contributed by atoms with Crippen LogP contribution in [0, 0.1) is 0 Å². The number of methoxy groups -OCH3 is 2. The van der Waals surface area contributed by atoms with Crippen LogP contribution in [0.3, 0.4) is 0 Å². The summed E-state index contributed by atoms with van der Waals surface area (Å²) in [5.41, 5.74) is 5.65. The second kappa shape index (κ2) is 8.19. The molecule has 1 atom stereocenters. The zero-order chi connectivity index (χ0) is 19.4. The van der Waals surface area contributed by atoms with E-state index in [1.54, 1.807) is 18.2 Å². The Morgan fingerprint density at radius 2 is 2.08 bits per heavy atom. The summed E-state index contributed by atoms with van der Waals surface area (Å²) < 4.78 is 10.6. The van der Waals surface area contributed by atoms with Crippen molar-refractivity contribution >= 4 is 52.2 Å². The summed E-state index contributed by atoms with van der Waals surface area (Å²) in [5, 5.41) is 9.32. The molecule has 10 heteroatoms. The molecule has 1 unspecified atom stereocenters. The minimum Gasteiger partial charge on any atom is -0.493 e. The van der Waals surface area contributed by atoms with E-state index in [1.807, 2.05) is 0 Å². The van der Waals surface area contributed by atoms with Crippen LogP contribution in [0.1, 0.15) is 12.0 Å². The number of carbonyl (C=O) groups is 3. The highest BCUT2D eigenvalue weighted by molar-refractivity contribution is 8.26. The second-order valence-electron chi connectivity index (χ2n) is 5.16. The molecule has 1 saturated heterocycles. The molecule has 1 aromatic carbocycles. The fraction of sp³-hybridized carbons (Fsp3) is 0.250. The van der Waals surface area contributed by atoms with Gasteiger partial charge in [0.15, 0.2) is 11.5 Å². The molecule has 3 N–H and O–H groups in total. The van der Waals surface area contributed by atoms with E-state index >= 15 is 0 Å². The zero-order valence-electron chi connectivity index (χ0n) is 13.9. The van der Waals surface area contributed by atoms with Crippen molar-refractivity contribution in [1.29, 1.82) is 0 Å². The molecule has 1 aliphatic heterocycles. The number of aliphatic carboxylic acids is 1. The topological polar surface area (TPSA) is 119 Å². The molecule has 0 bridgehead atoms. The number of benzene rings is 1. The molecular formula is C16H16N2O6S2. The molecule has 1 fully saturated rings. The van der Waals surface area contributed by atoms with Gasteiger partial charge in [0.05, 0.1) is 25.5 Å². The molecule has 0 radical (unpaired) electrons. The summed E-state index contributed by atoms with van der Waals surface area (Å²) in [6.45, 7) is 0. The fourth-order valence-electron chi connectivity index (χ4n) is 2.39. The average Bonchev–Trinajstić information content (AvgIpc) is 2.85. The van der Waals surface area contributed by atoms with Gasteiger partial charge in [0.2, 0.25) is 5.91 Å². The van der Waals surface area contributed by atoms with E-state index in [-0.39, 0.29) is 9.23 Å². The predicted molar refractivity (Wildman–Crippen MR) is 99.8 cm³/mol. The van der Waals surface area contributed by atoms with Gasteiger partial charge in [0.1, 0.15) is 10.4 Å². The maximum Gasteiger partial charge on any atom is 0.327 e. The van der Waals surface area contributed by atoms with Crippen LogP contribution >= 0.6 is 24.0 Å². The third-order valence-electron chi connectivity index (χ3n) is 3.53. The third kappa shape index (κ3) is 3.97. The van der Waals surface area contributed by atoms with E-state index in [9.17, 15) is 19.5 Å². The summed E-state index contributed by atoms with van der Waals surface area (Å²) in [7, 11) is 2.95. The molecule has 8 nitrogen and oxygen atoms in total. The lowest BCUT2D eigenvalue weighted by atomic mass is 10.1. The second-order valence-corrected chi connectivity index (χ2v) is 6.83. The third-order valence-corrected chi connectivity index (χ3v) is 4.87. The lowest BCUT2D eigenvalue weighted by molar-refractivity contribution is -0.146. The molecule has 0 aliphatic carbocycles. The lowest BCUT2D eigenvalue weighted by Gasteiger charge is -2.21. The summed E-state index contributed by atoms with van der Waals surface area (Å²) in [5.74, 6) is -1.91. The van der Waals surface area contributed by atoms with Crippen LogP contribution in [0.25, 0.3) is 6.08 Å². The Morgan fingerprint density at radius 3 is 2.62 bits per heavy atom. The molecule has 0 aromatic heterocycles. The van der Waals surface area contributed by atoms with Gasteiger partial charge in [0.25, 0.3) is 5.91 Å². The number of nitrogens with zero attached hydrogens (tertiary/aromatic N) is 1. The Balaban J connectivity index is 2.41. The van der Waals surface area contributed by atoms with E-state index in [2.05, 4.69) is 0 Å². The Kier molecular flexibility index (Phi) is 6.22. The van der Waals surface area contributed by atoms with Gasteiger partial charge in [0, 0.05) is 5.56 Å². The summed E-state index contributed by atoms with van der Waals surface area (Å²) >= 11 is 6.06. The van der Waals surface area contributed by atoms with Crippen LogP contribution in [-0.2, 0) is 14.4 Å². The van der Waals surface area contributed by atoms with Crippen molar-refractivity contribution in [3.05, 3.63) is 28.7 Å². The van der Waals surface area contributed by atoms with Gasteiger partial charge < -0.3 is 20.3 Å². The zero-order valence-corrected chi connectivity index (χ0v) is 15.6. The molecule has 138 valence electrons. The molecule has 0 spiro atoms. The number of amides is 2. The molecule has 0 saturated carbocycles. The number of primary amides is 1. The number of thiocarbonyl (C=S) groups is 1. The van der Waals surface area contributed by atoms with Crippen molar-refractivity contribution in [1.82, 2.24) is 4.90 Å². The van der Waals surface area contributed by atoms with E-state index in [0.717, 1.165) is 16.7 Å². The monoisotopic (exact) mass is 396 g/mol. The van der Waals surface area contributed by atoms with Gasteiger partial charge in [-0.1, -0.05) is 36.1 Å². The van der Waals surface area contributed by atoms with Crippen molar-refractivity contribution in [3.8, 4) is 11.5 Å². The summed E-state index contributed by atoms with van der Waals surface area (Å²) in [4.78, 5) is 36.3. The maximum atomic E-state index is 12.7. The summed E-state index contributed by atoms with van der Waals surface area (Å²) in [6.07, 6.45) is 1.00. The van der Waals surface area contributed by atoms with Crippen molar-refractivity contribution < 1.29 is 29.0 Å². The highest BCUT2D eigenvalue weighted by Gasteiger charge is 2.41. The van der Waals surface area contributed by atoms with Crippen LogP contribution in [0.15, 0.2) is 23.1 Å². The van der Waals surface area contributed by atoms with Crippen molar-refractivity contribution in [2.75, 3.05) is 14.2 Å². The Bertz CT molecular complexity index is 808. The molecule has 2 rings (SSSR count). The number of carbonyl (C=O) groups excluding carboxylic acids is 2. The number of hydrogen-bond donors (Lipinski definition) is 2. The van der Waals surface area contributed by atoms with Crippen molar-refractivity contribution in [2.45, 2.75) is 12.5 Å². The lowest BCUT2D eigenvalue weighted by Crippen LogP contribution is -2.46. The van der Waals surface area contributed by atoms with Gasteiger partial charge in [-0.2, -0.15) is 0 Å². The van der Waals surface area contributed by atoms with Crippen LogP contribution in [0.5, 0.6) is 11.5 Å². The highest BCUT2D eigenvalue weighted by atomic mass is 32.2. The van der Waals surface area contributed by atoms with Crippen molar-refractivity contribution in [3.63, 3.8) is 0 Å². The number of para-hydroxylation sites is 1. The smallest absolute Gasteiger partial charge is 0.327 e. The Morgan fingerprint density at radius 1 is 1.38 bits per heavy atom. The number of carboxylic acid groups (broad SMARTS) is 1. The Labute approximate surface area is 158 Å². The number of hydrogen-bond acceptors (Lipinski definition) is 7. The number of carboxylic acids is 1. The van der Waals surface area contributed by atoms with Gasteiger partial charge in [-0.3, -0.25) is 14.5 Å². The number of nitrogens with two attached hydrogens (primary N) is 1. The minimum atomic E-state index is -1.45. The van der Waals surface area contributed by atoms with Crippen LogP contribution < -0.4 is 15.2 Å². The first-order valence-electron chi connectivity index (χ1n) is 7.29. The van der Waals surface area contributed by atoms with Crippen LogP contribution in [0.4, 0.5) is 0 Å². The first kappa shape index (κ1) is 19.7. The number of thioether (sulfide) groups is 1. The first-order chi connectivity index (χ1) is 12.3. The fourth-order valence-corrected chi connectivity index (χ4v) is 3.74. The van der Waals surface area contributed by atoms with Gasteiger partial charge in [-0.25, -0.2) is 4.79 Å². The van der Waals surface area contributed by atoms with Crippen molar-refractivity contribution in [2.24, 2.45) is 5.73 Å². The average molecular weight is 396 g/mol. The predicted octanol–water partition coefficient (Wildman–Crippen LogP) is 1.23. The SMILES string of the molecule is COc1cccc(/C=C2\SC(=S)N(C(CC(N)=O)C(=O)O)C2=O)c1OC. The van der Waals surface area contributed by atoms with E-state index < -0.39 is 30.2 Å². The first-order valence-corrected chi connectivity index (χ1v) is 8.51. The van der Waals surface area contributed by atoms with Crippen LogP contribution in [-0.4, -0.2) is 52.4 Å². The normalized spacial score (nSPS) is 16.7. The standard InChI is InChI=1S/C16H16N2O6S2/c1-23-10-5-3-4-8(13(10)24-2)6-11-14(20)18(16(25)26-11)9(15(21)22)7-12(17)19/h3-6,9H,7H2,1-2H3,(H2,17,19)(H,21,22)/b11-6-. The molecule has 1 aliphatic rings. The van der Waals surface area contributed by atoms with Gasteiger partial charge in [-0.15, -0.1) is 0 Å². The number of ether oxygens (including phenoxy) is 2. The molecule has 1 heterocycles. The molecule has 1 aromatic rings. The minimum absolute atomic E-state index is 0.0387.